The van der Waals surface area contributed by atoms with Gasteiger partial charge in [-0.25, -0.2) is 0 Å². The van der Waals surface area contributed by atoms with Gasteiger partial charge in [0.2, 0.25) is 0 Å². The van der Waals surface area contributed by atoms with E-state index in [1.165, 1.54) is 70.6 Å². The minimum Gasteiger partial charge on any atom is -0.385 e. The van der Waals surface area contributed by atoms with Gasteiger partial charge in [0.25, 0.3) is 0 Å². The standard InChI is InChI=1S/C16H34O/c1-4-6-8-9-11-13-16(14-15-17-3)12-10-7-5-2/h16H,4-15H2,1-3H3. The number of hydrogen-bond donors (Lipinski definition) is 0. The molecule has 0 amide bonds. The average Bonchev–Trinajstić information content (AvgIpc) is 2.35. The molecule has 0 saturated heterocycles. The van der Waals surface area contributed by atoms with E-state index in [-0.39, 0.29) is 0 Å². The van der Waals surface area contributed by atoms with E-state index >= 15 is 0 Å². The molecular formula is C16H34O. The van der Waals surface area contributed by atoms with E-state index in [0.717, 1.165) is 12.5 Å². The van der Waals surface area contributed by atoms with Crippen molar-refractivity contribution in [2.75, 3.05) is 13.7 Å². The number of rotatable bonds is 13. The summed E-state index contributed by atoms with van der Waals surface area (Å²) in [5, 5.41) is 0. The van der Waals surface area contributed by atoms with E-state index in [9.17, 15) is 0 Å². The first kappa shape index (κ1) is 17.0. The summed E-state index contributed by atoms with van der Waals surface area (Å²) in [5.41, 5.74) is 0. The predicted molar refractivity (Wildman–Crippen MR) is 77.5 cm³/mol. The lowest BCUT2D eigenvalue weighted by atomic mass is 9.92. The van der Waals surface area contributed by atoms with Gasteiger partial charge in [-0.2, -0.15) is 0 Å². The number of hydrogen-bond acceptors (Lipinski definition) is 1. The highest BCUT2D eigenvalue weighted by Crippen LogP contribution is 2.21. The Morgan fingerprint density at radius 2 is 1.24 bits per heavy atom. The molecule has 0 aliphatic heterocycles. The van der Waals surface area contributed by atoms with E-state index in [0.29, 0.717) is 0 Å². The Morgan fingerprint density at radius 3 is 1.82 bits per heavy atom. The molecule has 17 heavy (non-hydrogen) atoms. The minimum atomic E-state index is 0.920. The molecule has 1 nitrogen and oxygen atoms in total. The van der Waals surface area contributed by atoms with Crippen LogP contribution in [0.15, 0.2) is 0 Å². The van der Waals surface area contributed by atoms with Crippen LogP contribution in [0.2, 0.25) is 0 Å². The number of ether oxygens (including phenoxy) is 1. The summed E-state index contributed by atoms with van der Waals surface area (Å²) in [4.78, 5) is 0. The molecule has 104 valence electrons. The number of methoxy groups -OCH3 is 1. The van der Waals surface area contributed by atoms with Crippen molar-refractivity contribution in [2.24, 2.45) is 5.92 Å². The van der Waals surface area contributed by atoms with E-state index < -0.39 is 0 Å². The molecule has 0 aromatic carbocycles. The number of unbranched alkanes of at least 4 members (excludes halogenated alkanes) is 6. The maximum atomic E-state index is 5.22. The summed E-state index contributed by atoms with van der Waals surface area (Å²) in [5.74, 6) is 0.920. The Hall–Kier alpha value is -0.0400. The lowest BCUT2D eigenvalue weighted by molar-refractivity contribution is 0.170. The van der Waals surface area contributed by atoms with Crippen LogP contribution in [0.3, 0.4) is 0 Å². The van der Waals surface area contributed by atoms with Crippen LogP contribution in [0.1, 0.15) is 84.5 Å². The van der Waals surface area contributed by atoms with Crippen molar-refractivity contribution in [3.63, 3.8) is 0 Å². The van der Waals surface area contributed by atoms with Gasteiger partial charge in [-0.15, -0.1) is 0 Å². The van der Waals surface area contributed by atoms with Gasteiger partial charge in [0.05, 0.1) is 0 Å². The zero-order chi connectivity index (χ0) is 12.8. The van der Waals surface area contributed by atoms with E-state index in [1.807, 2.05) is 7.11 Å². The third-order valence-corrected chi connectivity index (χ3v) is 3.66. The molecular weight excluding hydrogens is 208 g/mol. The fourth-order valence-corrected chi connectivity index (χ4v) is 2.44. The third kappa shape index (κ3) is 12.2. The lowest BCUT2D eigenvalue weighted by Gasteiger charge is -2.16. The van der Waals surface area contributed by atoms with Crippen molar-refractivity contribution in [1.82, 2.24) is 0 Å². The fraction of sp³-hybridized carbons (Fsp3) is 1.00. The molecule has 1 atom stereocenters. The van der Waals surface area contributed by atoms with Crippen molar-refractivity contribution in [3.8, 4) is 0 Å². The van der Waals surface area contributed by atoms with Crippen molar-refractivity contribution in [1.29, 1.82) is 0 Å². The Balaban J connectivity index is 3.53. The molecule has 0 saturated carbocycles. The summed E-state index contributed by atoms with van der Waals surface area (Å²) < 4.78 is 5.22. The molecule has 1 heteroatoms. The first-order chi connectivity index (χ1) is 8.35. The van der Waals surface area contributed by atoms with E-state index in [1.54, 1.807) is 0 Å². The topological polar surface area (TPSA) is 9.23 Å². The molecule has 0 fully saturated rings. The van der Waals surface area contributed by atoms with Crippen molar-refractivity contribution < 1.29 is 4.74 Å². The van der Waals surface area contributed by atoms with Crippen LogP contribution in [-0.2, 0) is 4.74 Å². The van der Waals surface area contributed by atoms with Gasteiger partial charge in [0.15, 0.2) is 0 Å². The Morgan fingerprint density at radius 1 is 0.706 bits per heavy atom. The van der Waals surface area contributed by atoms with Crippen LogP contribution < -0.4 is 0 Å². The molecule has 0 spiro atoms. The third-order valence-electron chi connectivity index (χ3n) is 3.66. The largest absolute Gasteiger partial charge is 0.385 e. The van der Waals surface area contributed by atoms with Crippen LogP contribution in [0.25, 0.3) is 0 Å². The first-order valence-electron chi connectivity index (χ1n) is 7.84. The predicted octanol–water partition coefficient (Wildman–Crippen LogP) is 5.58. The Bertz CT molecular complexity index is 133. The quantitative estimate of drug-likeness (QED) is 0.383. The molecule has 0 aromatic heterocycles. The highest BCUT2D eigenvalue weighted by atomic mass is 16.5. The molecule has 0 N–H and O–H groups in total. The van der Waals surface area contributed by atoms with Crippen LogP contribution in [0, 0.1) is 5.92 Å². The molecule has 0 aromatic rings. The molecule has 0 radical (unpaired) electrons. The van der Waals surface area contributed by atoms with E-state index in [2.05, 4.69) is 13.8 Å². The maximum absolute atomic E-state index is 5.22. The van der Waals surface area contributed by atoms with Gasteiger partial charge in [0, 0.05) is 13.7 Å². The monoisotopic (exact) mass is 242 g/mol. The maximum Gasteiger partial charge on any atom is 0.0464 e. The minimum absolute atomic E-state index is 0.920. The molecule has 0 aliphatic carbocycles. The Labute approximate surface area is 109 Å². The van der Waals surface area contributed by atoms with Gasteiger partial charge < -0.3 is 4.74 Å². The lowest BCUT2D eigenvalue weighted by Crippen LogP contribution is -2.05. The molecule has 1 unspecified atom stereocenters. The second kappa shape index (κ2) is 14.0. The smallest absolute Gasteiger partial charge is 0.0464 e. The normalized spacial score (nSPS) is 12.9. The van der Waals surface area contributed by atoms with Crippen LogP contribution in [0.5, 0.6) is 0 Å². The van der Waals surface area contributed by atoms with Gasteiger partial charge in [0.1, 0.15) is 0 Å². The fourth-order valence-electron chi connectivity index (χ4n) is 2.44. The van der Waals surface area contributed by atoms with Crippen molar-refractivity contribution in [3.05, 3.63) is 0 Å². The second-order valence-corrected chi connectivity index (χ2v) is 5.35. The highest BCUT2D eigenvalue weighted by molar-refractivity contribution is 4.60. The summed E-state index contributed by atoms with van der Waals surface area (Å²) in [6.45, 7) is 5.52. The summed E-state index contributed by atoms with van der Waals surface area (Å²) in [6, 6.07) is 0. The zero-order valence-electron chi connectivity index (χ0n) is 12.5. The average molecular weight is 242 g/mol. The first-order valence-corrected chi connectivity index (χ1v) is 7.84. The van der Waals surface area contributed by atoms with E-state index in [4.69, 9.17) is 4.74 Å². The van der Waals surface area contributed by atoms with Crippen LogP contribution in [-0.4, -0.2) is 13.7 Å². The summed E-state index contributed by atoms with van der Waals surface area (Å²) in [7, 11) is 1.82. The molecule has 0 aliphatic rings. The second-order valence-electron chi connectivity index (χ2n) is 5.35. The molecule has 0 heterocycles. The highest BCUT2D eigenvalue weighted by Gasteiger charge is 2.07. The SMILES string of the molecule is CCCCCCCC(CCCCC)CCOC. The van der Waals surface area contributed by atoms with Crippen molar-refractivity contribution in [2.45, 2.75) is 84.5 Å². The zero-order valence-corrected chi connectivity index (χ0v) is 12.5. The molecule has 0 rings (SSSR count). The van der Waals surface area contributed by atoms with Gasteiger partial charge in [-0.05, 0) is 12.3 Å². The van der Waals surface area contributed by atoms with Gasteiger partial charge in [-0.3, -0.25) is 0 Å². The van der Waals surface area contributed by atoms with Crippen LogP contribution >= 0.6 is 0 Å². The summed E-state index contributed by atoms with van der Waals surface area (Å²) >= 11 is 0. The molecule has 0 bridgehead atoms. The van der Waals surface area contributed by atoms with Crippen molar-refractivity contribution >= 4 is 0 Å². The summed E-state index contributed by atoms with van der Waals surface area (Å²) in [6.07, 6.45) is 15.3. The van der Waals surface area contributed by atoms with Gasteiger partial charge in [-0.1, -0.05) is 78.1 Å². The van der Waals surface area contributed by atoms with Crippen LogP contribution in [0.4, 0.5) is 0 Å². The van der Waals surface area contributed by atoms with Gasteiger partial charge >= 0.3 is 0 Å². The Kier molecular flexibility index (Phi) is 14.0.